The van der Waals surface area contributed by atoms with Crippen LogP contribution in [0.15, 0.2) is 24.3 Å². The highest BCUT2D eigenvalue weighted by atomic mass is 16.2. The van der Waals surface area contributed by atoms with Gasteiger partial charge in [-0.3, -0.25) is 9.69 Å². The molecule has 1 fully saturated rings. The number of carbonyl (C=O) groups excluding carboxylic acids is 1. The zero-order valence-electron chi connectivity index (χ0n) is 14.3. The largest absolute Gasteiger partial charge is 0.325 e. The molecule has 0 saturated heterocycles. The number of amides is 1. The molecule has 122 valence electrons. The van der Waals surface area contributed by atoms with E-state index in [0.717, 1.165) is 5.69 Å². The number of hydrogen-bond donors (Lipinski definition) is 1. The predicted molar refractivity (Wildman–Crippen MR) is 93.3 cm³/mol. The van der Waals surface area contributed by atoms with Gasteiger partial charge in [0.15, 0.2) is 0 Å². The van der Waals surface area contributed by atoms with E-state index in [-0.39, 0.29) is 5.91 Å². The van der Waals surface area contributed by atoms with E-state index >= 15 is 0 Å². The lowest BCUT2D eigenvalue weighted by atomic mass is 10.0. The Kier molecular flexibility index (Phi) is 6.44. The maximum Gasteiger partial charge on any atom is 0.238 e. The van der Waals surface area contributed by atoms with E-state index in [4.69, 9.17) is 0 Å². The summed E-state index contributed by atoms with van der Waals surface area (Å²) >= 11 is 0. The van der Waals surface area contributed by atoms with Gasteiger partial charge in [0.2, 0.25) is 5.91 Å². The topological polar surface area (TPSA) is 32.3 Å². The van der Waals surface area contributed by atoms with Crippen molar-refractivity contribution in [2.45, 2.75) is 64.3 Å². The van der Waals surface area contributed by atoms with Gasteiger partial charge in [0, 0.05) is 11.7 Å². The summed E-state index contributed by atoms with van der Waals surface area (Å²) in [4.78, 5) is 14.4. The number of carbonyl (C=O) groups is 1. The highest BCUT2D eigenvalue weighted by Crippen LogP contribution is 2.21. The molecule has 3 nitrogen and oxygen atoms in total. The summed E-state index contributed by atoms with van der Waals surface area (Å²) in [7, 11) is 2.08. The molecule has 0 heterocycles. The van der Waals surface area contributed by atoms with Crippen LogP contribution in [0, 0.1) is 0 Å². The lowest BCUT2D eigenvalue weighted by molar-refractivity contribution is -0.117. The molecule has 0 bridgehead atoms. The summed E-state index contributed by atoms with van der Waals surface area (Å²) in [5.74, 6) is 0.607. The highest BCUT2D eigenvalue weighted by molar-refractivity contribution is 5.92. The number of rotatable bonds is 5. The fourth-order valence-electron chi connectivity index (χ4n) is 3.21. The van der Waals surface area contributed by atoms with E-state index in [1.807, 2.05) is 12.1 Å². The molecule has 0 aromatic heterocycles. The SMILES string of the molecule is CC(C)c1ccc(NC(=O)CN(C)C2CCCCCC2)cc1. The van der Waals surface area contributed by atoms with Crippen LogP contribution in [0.4, 0.5) is 5.69 Å². The smallest absolute Gasteiger partial charge is 0.238 e. The number of anilines is 1. The van der Waals surface area contributed by atoms with Crippen molar-refractivity contribution in [1.82, 2.24) is 4.90 Å². The lowest BCUT2D eigenvalue weighted by Gasteiger charge is -2.26. The van der Waals surface area contributed by atoms with Crippen molar-refractivity contribution < 1.29 is 4.79 Å². The maximum atomic E-state index is 12.2. The van der Waals surface area contributed by atoms with E-state index in [9.17, 15) is 4.79 Å². The molecule has 1 saturated carbocycles. The molecule has 1 aliphatic carbocycles. The first kappa shape index (κ1) is 17.0. The van der Waals surface area contributed by atoms with Gasteiger partial charge in [-0.05, 0) is 43.5 Å². The van der Waals surface area contributed by atoms with E-state index in [2.05, 4.69) is 43.2 Å². The first-order valence-electron chi connectivity index (χ1n) is 8.66. The Labute approximate surface area is 135 Å². The minimum atomic E-state index is 0.0871. The Morgan fingerprint density at radius 3 is 2.27 bits per heavy atom. The fraction of sp³-hybridized carbons (Fsp3) is 0.632. The molecule has 0 aliphatic heterocycles. The van der Waals surface area contributed by atoms with Gasteiger partial charge in [0.05, 0.1) is 6.54 Å². The summed E-state index contributed by atoms with van der Waals surface area (Å²) in [6.07, 6.45) is 7.75. The highest BCUT2D eigenvalue weighted by Gasteiger charge is 2.18. The van der Waals surface area contributed by atoms with Gasteiger partial charge < -0.3 is 5.32 Å². The first-order chi connectivity index (χ1) is 10.6. The summed E-state index contributed by atoms with van der Waals surface area (Å²) in [5.41, 5.74) is 2.19. The number of nitrogens with one attached hydrogen (secondary N) is 1. The molecule has 1 aromatic carbocycles. The number of nitrogens with zero attached hydrogens (tertiary/aromatic N) is 1. The average molecular weight is 302 g/mol. The Bertz CT molecular complexity index is 459. The summed E-state index contributed by atoms with van der Waals surface area (Å²) < 4.78 is 0. The minimum absolute atomic E-state index is 0.0871. The predicted octanol–water partition coefficient (Wildman–Crippen LogP) is 4.40. The van der Waals surface area contributed by atoms with E-state index < -0.39 is 0 Å². The molecule has 22 heavy (non-hydrogen) atoms. The van der Waals surface area contributed by atoms with Crippen LogP contribution in [0.5, 0.6) is 0 Å². The Morgan fingerprint density at radius 1 is 1.14 bits per heavy atom. The van der Waals surface area contributed by atoms with Gasteiger partial charge in [-0.25, -0.2) is 0 Å². The van der Waals surface area contributed by atoms with Gasteiger partial charge in [-0.1, -0.05) is 51.7 Å². The minimum Gasteiger partial charge on any atom is -0.325 e. The molecule has 1 amide bonds. The molecular formula is C19H30N2O. The van der Waals surface area contributed by atoms with E-state index in [0.29, 0.717) is 18.5 Å². The van der Waals surface area contributed by atoms with Gasteiger partial charge in [-0.2, -0.15) is 0 Å². The zero-order valence-corrected chi connectivity index (χ0v) is 14.3. The number of likely N-dealkylation sites (N-methyl/N-ethyl adjacent to an activating group) is 1. The number of benzene rings is 1. The summed E-state index contributed by atoms with van der Waals surface area (Å²) in [6.45, 7) is 4.83. The summed E-state index contributed by atoms with van der Waals surface area (Å²) in [6, 6.07) is 8.75. The monoisotopic (exact) mass is 302 g/mol. The van der Waals surface area contributed by atoms with Crippen LogP contribution in [0.25, 0.3) is 0 Å². The Balaban J connectivity index is 1.83. The maximum absolute atomic E-state index is 12.2. The van der Waals surface area contributed by atoms with Crippen molar-refractivity contribution in [2.75, 3.05) is 18.9 Å². The second-order valence-electron chi connectivity index (χ2n) is 6.89. The molecule has 0 atom stereocenters. The van der Waals surface area contributed by atoms with Crippen molar-refractivity contribution in [1.29, 1.82) is 0 Å². The number of hydrogen-bond acceptors (Lipinski definition) is 2. The first-order valence-corrected chi connectivity index (χ1v) is 8.66. The van der Waals surface area contributed by atoms with Crippen molar-refractivity contribution in [3.05, 3.63) is 29.8 Å². The standard InChI is InChI=1S/C19H30N2O/c1-15(2)16-10-12-17(13-11-16)20-19(22)14-21(3)18-8-6-4-5-7-9-18/h10-13,15,18H,4-9,14H2,1-3H3,(H,20,22). The van der Waals surface area contributed by atoms with Crippen LogP contribution in [0.2, 0.25) is 0 Å². The van der Waals surface area contributed by atoms with Crippen LogP contribution in [0.3, 0.4) is 0 Å². The molecule has 1 aromatic rings. The fourth-order valence-corrected chi connectivity index (χ4v) is 3.21. The van der Waals surface area contributed by atoms with Crippen molar-refractivity contribution in [2.24, 2.45) is 0 Å². The van der Waals surface area contributed by atoms with Crippen molar-refractivity contribution in [3.8, 4) is 0 Å². The molecule has 0 radical (unpaired) electrons. The average Bonchev–Trinajstić information content (AvgIpc) is 2.76. The summed E-state index contributed by atoms with van der Waals surface area (Å²) in [5, 5.41) is 3.01. The quantitative estimate of drug-likeness (QED) is 0.817. The lowest BCUT2D eigenvalue weighted by Crippen LogP contribution is -2.37. The van der Waals surface area contributed by atoms with Crippen molar-refractivity contribution >= 4 is 11.6 Å². The van der Waals surface area contributed by atoms with Gasteiger partial charge in [-0.15, -0.1) is 0 Å². The molecule has 0 unspecified atom stereocenters. The van der Waals surface area contributed by atoms with Gasteiger partial charge in [0.1, 0.15) is 0 Å². The molecule has 1 aliphatic rings. The van der Waals surface area contributed by atoms with Crippen LogP contribution in [0.1, 0.15) is 63.9 Å². The molecule has 2 rings (SSSR count). The molecular weight excluding hydrogens is 272 g/mol. The van der Waals surface area contributed by atoms with Gasteiger partial charge in [0.25, 0.3) is 0 Å². The zero-order chi connectivity index (χ0) is 15.9. The Morgan fingerprint density at radius 2 is 1.73 bits per heavy atom. The third-order valence-electron chi connectivity index (χ3n) is 4.70. The van der Waals surface area contributed by atoms with Crippen molar-refractivity contribution in [3.63, 3.8) is 0 Å². The van der Waals surface area contributed by atoms with Gasteiger partial charge >= 0.3 is 0 Å². The second-order valence-corrected chi connectivity index (χ2v) is 6.89. The van der Waals surface area contributed by atoms with Crippen LogP contribution in [-0.4, -0.2) is 30.4 Å². The molecule has 0 spiro atoms. The Hall–Kier alpha value is -1.35. The molecule has 1 N–H and O–H groups in total. The normalized spacial score (nSPS) is 16.8. The third kappa shape index (κ3) is 5.13. The third-order valence-corrected chi connectivity index (χ3v) is 4.70. The van der Waals surface area contributed by atoms with Crippen LogP contribution in [-0.2, 0) is 4.79 Å². The van der Waals surface area contributed by atoms with E-state index in [1.165, 1.54) is 44.1 Å². The van der Waals surface area contributed by atoms with Crippen LogP contribution < -0.4 is 5.32 Å². The molecule has 3 heteroatoms. The van der Waals surface area contributed by atoms with Crippen LogP contribution >= 0.6 is 0 Å². The van der Waals surface area contributed by atoms with E-state index in [1.54, 1.807) is 0 Å². The second kappa shape index (κ2) is 8.33.